The van der Waals surface area contributed by atoms with Crippen LogP contribution in [0, 0.1) is 17.8 Å². The summed E-state index contributed by atoms with van der Waals surface area (Å²) in [7, 11) is -2.74. The van der Waals surface area contributed by atoms with Crippen LogP contribution in [0.4, 0.5) is 0 Å². The van der Waals surface area contributed by atoms with Gasteiger partial charge in [0.25, 0.3) is 0 Å². The Morgan fingerprint density at radius 2 is 1.95 bits per heavy atom. The lowest BCUT2D eigenvalue weighted by Crippen LogP contribution is -2.40. The molecule has 1 heterocycles. The molecule has 2 rings (SSSR count). The van der Waals surface area contributed by atoms with E-state index in [0.717, 1.165) is 37.6 Å². The first-order valence-electron chi connectivity index (χ1n) is 8.97. The highest BCUT2D eigenvalue weighted by Gasteiger charge is 2.33. The lowest BCUT2D eigenvalue weighted by atomic mass is 9.75. The molecule has 2 fully saturated rings. The molecule has 0 aromatic heterocycles. The molecular formula is C17H33NO2S. The summed E-state index contributed by atoms with van der Waals surface area (Å²) in [6.45, 7) is 5.59. The molecule has 4 unspecified atom stereocenters. The van der Waals surface area contributed by atoms with Crippen LogP contribution < -0.4 is 5.32 Å². The van der Waals surface area contributed by atoms with Crippen molar-refractivity contribution >= 4 is 9.84 Å². The largest absolute Gasteiger partial charge is 0.314 e. The molecule has 0 radical (unpaired) electrons. The van der Waals surface area contributed by atoms with Gasteiger partial charge in [-0.05, 0) is 56.4 Å². The maximum atomic E-state index is 11.7. The Morgan fingerprint density at radius 1 is 1.14 bits per heavy atom. The molecular weight excluding hydrogens is 282 g/mol. The van der Waals surface area contributed by atoms with Gasteiger partial charge in [-0.3, -0.25) is 0 Å². The topological polar surface area (TPSA) is 46.2 Å². The Balaban J connectivity index is 1.93. The lowest BCUT2D eigenvalue weighted by Gasteiger charge is -2.36. The zero-order chi connectivity index (χ0) is 15.3. The van der Waals surface area contributed by atoms with Gasteiger partial charge in [-0.15, -0.1) is 0 Å². The van der Waals surface area contributed by atoms with Crippen molar-refractivity contribution < 1.29 is 8.42 Å². The normalized spacial score (nSPS) is 33.9. The van der Waals surface area contributed by atoms with Crippen LogP contribution in [-0.4, -0.2) is 32.5 Å². The second-order valence-corrected chi connectivity index (χ2v) is 9.50. The molecule has 3 nitrogen and oxygen atoms in total. The molecule has 21 heavy (non-hydrogen) atoms. The van der Waals surface area contributed by atoms with Crippen LogP contribution in [0.3, 0.4) is 0 Å². The Bertz CT molecular complexity index is 407. The monoisotopic (exact) mass is 315 g/mol. The van der Waals surface area contributed by atoms with Crippen molar-refractivity contribution in [3.63, 3.8) is 0 Å². The number of nitrogens with one attached hydrogen (secondary N) is 1. The van der Waals surface area contributed by atoms with Crippen LogP contribution in [0.25, 0.3) is 0 Å². The first kappa shape index (κ1) is 17.3. The summed E-state index contributed by atoms with van der Waals surface area (Å²) >= 11 is 0. The highest BCUT2D eigenvalue weighted by molar-refractivity contribution is 7.91. The summed E-state index contributed by atoms with van der Waals surface area (Å²) in [4.78, 5) is 0. The molecule has 0 aromatic carbocycles. The zero-order valence-electron chi connectivity index (χ0n) is 13.8. The third kappa shape index (κ3) is 5.24. The molecule has 4 atom stereocenters. The van der Waals surface area contributed by atoms with Gasteiger partial charge < -0.3 is 5.32 Å². The average molecular weight is 316 g/mol. The van der Waals surface area contributed by atoms with E-state index in [1.165, 1.54) is 32.1 Å². The Morgan fingerprint density at radius 3 is 2.57 bits per heavy atom. The van der Waals surface area contributed by atoms with Crippen LogP contribution in [0.15, 0.2) is 0 Å². The van der Waals surface area contributed by atoms with Gasteiger partial charge in [-0.1, -0.05) is 33.1 Å². The van der Waals surface area contributed by atoms with Crippen LogP contribution in [-0.2, 0) is 9.84 Å². The Kier molecular flexibility index (Phi) is 6.54. The van der Waals surface area contributed by atoms with E-state index in [0.29, 0.717) is 23.5 Å². The Hall–Kier alpha value is -0.0900. The smallest absolute Gasteiger partial charge is 0.150 e. The van der Waals surface area contributed by atoms with Gasteiger partial charge in [0.2, 0.25) is 0 Å². The number of hydrogen-bond donors (Lipinski definition) is 1. The maximum absolute atomic E-state index is 11.7. The highest BCUT2D eigenvalue weighted by atomic mass is 32.2. The molecule has 0 spiro atoms. The minimum absolute atomic E-state index is 0.395. The first-order chi connectivity index (χ1) is 10.0. The number of sulfone groups is 1. The molecule has 1 saturated carbocycles. The van der Waals surface area contributed by atoms with Crippen molar-refractivity contribution in [2.75, 3.05) is 18.1 Å². The van der Waals surface area contributed by atoms with E-state index < -0.39 is 9.84 Å². The molecule has 4 heteroatoms. The van der Waals surface area contributed by atoms with Gasteiger partial charge in [0.15, 0.2) is 9.84 Å². The van der Waals surface area contributed by atoms with E-state index in [2.05, 4.69) is 19.2 Å². The van der Waals surface area contributed by atoms with Crippen molar-refractivity contribution in [1.29, 1.82) is 0 Å². The predicted molar refractivity (Wildman–Crippen MR) is 89.2 cm³/mol. The molecule has 124 valence electrons. The summed E-state index contributed by atoms with van der Waals surface area (Å²) in [5, 5.41) is 3.74. The van der Waals surface area contributed by atoms with Crippen molar-refractivity contribution in [2.45, 2.75) is 71.3 Å². The van der Waals surface area contributed by atoms with E-state index in [4.69, 9.17) is 0 Å². The van der Waals surface area contributed by atoms with Crippen LogP contribution in [0.2, 0.25) is 0 Å². The summed E-state index contributed by atoms with van der Waals surface area (Å²) in [5.41, 5.74) is 0. The van der Waals surface area contributed by atoms with Crippen molar-refractivity contribution in [3.8, 4) is 0 Å². The molecule has 1 N–H and O–H groups in total. The second kappa shape index (κ2) is 7.96. The molecule has 1 aliphatic heterocycles. The molecule has 0 amide bonds. The summed E-state index contributed by atoms with van der Waals surface area (Å²) in [6.07, 6.45) is 9.84. The maximum Gasteiger partial charge on any atom is 0.150 e. The first-order valence-corrected chi connectivity index (χ1v) is 10.8. The van der Waals surface area contributed by atoms with Crippen molar-refractivity contribution in [3.05, 3.63) is 0 Å². The minimum atomic E-state index is -2.74. The van der Waals surface area contributed by atoms with Gasteiger partial charge in [0.1, 0.15) is 0 Å². The standard InChI is InChI=1S/C17H33NO2S/c1-3-9-18-17(12-15-8-10-21(19,20)13-15)16-7-5-6-14(4-2)11-16/h14-18H,3-13H2,1-2H3. The van der Waals surface area contributed by atoms with E-state index in [9.17, 15) is 8.42 Å². The third-order valence-electron chi connectivity index (χ3n) is 5.54. The second-order valence-electron chi connectivity index (χ2n) is 7.27. The average Bonchev–Trinajstić information content (AvgIpc) is 2.82. The van der Waals surface area contributed by atoms with Gasteiger partial charge >= 0.3 is 0 Å². The fourth-order valence-electron chi connectivity index (χ4n) is 4.26. The SMILES string of the molecule is CCCNC(CC1CCS(=O)(=O)C1)C1CCCC(CC)C1. The van der Waals surface area contributed by atoms with Gasteiger partial charge in [0, 0.05) is 6.04 Å². The van der Waals surface area contributed by atoms with Crippen LogP contribution in [0.5, 0.6) is 0 Å². The molecule has 2 aliphatic rings. The molecule has 0 bridgehead atoms. The minimum Gasteiger partial charge on any atom is -0.314 e. The third-order valence-corrected chi connectivity index (χ3v) is 7.38. The van der Waals surface area contributed by atoms with E-state index in [1.807, 2.05) is 0 Å². The van der Waals surface area contributed by atoms with Gasteiger partial charge in [-0.25, -0.2) is 8.42 Å². The van der Waals surface area contributed by atoms with Crippen molar-refractivity contribution in [2.24, 2.45) is 17.8 Å². The van der Waals surface area contributed by atoms with Gasteiger partial charge in [-0.2, -0.15) is 0 Å². The summed E-state index contributed by atoms with van der Waals surface area (Å²) in [6, 6.07) is 0.539. The van der Waals surface area contributed by atoms with Crippen LogP contribution >= 0.6 is 0 Å². The molecule has 1 aliphatic carbocycles. The van der Waals surface area contributed by atoms with Crippen molar-refractivity contribution in [1.82, 2.24) is 5.32 Å². The fourth-order valence-corrected chi connectivity index (χ4v) is 6.14. The predicted octanol–water partition coefficient (Wildman–Crippen LogP) is 3.40. The highest BCUT2D eigenvalue weighted by Crippen LogP contribution is 2.36. The van der Waals surface area contributed by atoms with E-state index in [-0.39, 0.29) is 0 Å². The number of rotatable bonds is 7. The lowest BCUT2D eigenvalue weighted by molar-refractivity contribution is 0.191. The fraction of sp³-hybridized carbons (Fsp3) is 1.00. The van der Waals surface area contributed by atoms with E-state index >= 15 is 0 Å². The quantitative estimate of drug-likeness (QED) is 0.783. The van der Waals surface area contributed by atoms with Gasteiger partial charge in [0.05, 0.1) is 11.5 Å². The molecule has 1 saturated heterocycles. The zero-order valence-corrected chi connectivity index (χ0v) is 14.6. The Labute approximate surface area is 131 Å². The summed E-state index contributed by atoms with van der Waals surface area (Å²) < 4.78 is 23.4. The van der Waals surface area contributed by atoms with E-state index in [1.54, 1.807) is 0 Å². The van der Waals surface area contributed by atoms with Crippen LogP contribution in [0.1, 0.15) is 65.2 Å². The number of hydrogen-bond acceptors (Lipinski definition) is 3. The summed E-state index contributed by atoms with van der Waals surface area (Å²) in [5.74, 6) is 2.90. The molecule has 0 aromatic rings.